The van der Waals surface area contributed by atoms with E-state index in [0.29, 0.717) is 24.6 Å². The van der Waals surface area contributed by atoms with Crippen molar-refractivity contribution in [3.8, 4) is 0 Å². The number of nitrogens with zero attached hydrogens (tertiary/aromatic N) is 5. The molecule has 0 N–H and O–H groups in total. The van der Waals surface area contributed by atoms with Crippen LogP contribution in [0, 0.1) is 13.8 Å². The largest absolute Gasteiger partial charge is 0.445 e. The Balaban J connectivity index is 1.52. The van der Waals surface area contributed by atoms with Gasteiger partial charge in [-0.25, -0.2) is 14.6 Å². The summed E-state index contributed by atoms with van der Waals surface area (Å²) in [5.41, 5.74) is 0.388. The highest BCUT2D eigenvalue weighted by molar-refractivity contribution is 5.93. The first-order chi connectivity index (χ1) is 12.1. The predicted molar refractivity (Wildman–Crippen MR) is 88.1 cm³/mol. The maximum atomic E-state index is 13.0. The monoisotopic (exact) mass is 345 g/mol. The molecule has 25 heavy (non-hydrogen) atoms. The van der Waals surface area contributed by atoms with Crippen LogP contribution in [0.2, 0.25) is 0 Å². The number of carbonyl (C=O) groups excluding carboxylic acids is 1. The van der Waals surface area contributed by atoms with Crippen molar-refractivity contribution in [2.75, 3.05) is 19.7 Å². The molecule has 2 aliphatic heterocycles. The number of hydrogen-bond acceptors (Lipinski definition) is 6. The number of hydrogen-bond donors (Lipinski definition) is 0. The zero-order chi connectivity index (χ0) is 17.4. The van der Waals surface area contributed by atoms with Crippen molar-refractivity contribution < 1.29 is 13.9 Å². The lowest BCUT2D eigenvalue weighted by atomic mass is 10.0. The van der Waals surface area contributed by atoms with Gasteiger partial charge in [-0.2, -0.15) is 5.10 Å². The highest BCUT2D eigenvalue weighted by Crippen LogP contribution is 2.32. The predicted octanol–water partition coefficient (Wildman–Crippen LogP) is 2.21. The van der Waals surface area contributed by atoms with E-state index in [2.05, 4.69) is 15.1 Å². The molecule has 2 aliphatic rings. The zero-order valence-electron chi connectivity index (χ0n) is 14.6. The van der Waals surface area contributed by atoms with Gasteiger partial charge in [-0.15, -0.1) is 0 Å². The number of rotatable bonds is 3. The molecule has 1 amide bonds. The number of aryl methyl sites for hydroxylation is 2. The standard InChI is InChI=1S/C17H23N5O3/c1-11-19-12(2)22(20-11)13-5-3-7-21(9-13)17(23)15-16(25-10-18-15)14-6-4-8-24-14/h10,13-14H,3-9H2,1-2H3/t13-,14-/m0/s1. The van der Waals surface area contributed by atoms with Gasteiger partial charge < -0.3 is 14.1 Å². The topological polar surface area (TPSA) is 86.3 Å². The van der Waals surface area contributed by atoms with E-state index in [1.54, 1.807) is 0 Å². The van der Waals surface area contributed by atoms with Crippen molar-refractivity contribution in [3.05, 3.63) is 29.5 Å². The maximum Gasteiger partial charge on any atom is 0.276 e. The van der Waals surface area contributed by atoms with Gasteiger partial charge in [0.2, 0.25) is 0 Å². The Hall–Kier alpha value is -2.22. The maximum absolute atomic E-state index is 13.0. The quantitative estimate of drug-likeness (QED) is 0.848. The van der Waals surface area contributed by atoms with E-state index in [0.717, 1.165) is 43.9 Å². The van der Waals surface area contributed by atoms with Gasteiger partial charge in [-0.1, -0.05) is 0 Å². The number of oxazole rings is 1. The summed E-state index contributed by atoms with van der Waals surface area (Å²) in [6.07, 6.45) is 4.97. The summed E-state index contributed by atoms with van der Waals surface area (Å²) in [5.74, 6) is 2.13. The lowest BCUT2D eigenvalue weighted by Crippen LogP contribution is -2.41. The van der Waals surface area contributed by atoms with Crippen LogP contribution in [-0.2, 0) is 4.74 Å². The van der Waals surface area contributed by atoms with Crippen LogP contribution in [0.4, 0.5) is 0 Å². The summed E-state index contributed by atoms with van der Waals surface area (Å²) in [5, 5.41) is 4.48. The van der Waals surface area contributed by atoms with Crippen molar-refractivity contribution in [2.45, 2.75) is 51.7 Å². The van der Waals surface area contributed by atoms with E-state index >= 15 is 0 Å². The molecule has 2 aromatic rings. The molecule has 0 aromatic carbocycles. The third-order valence-corrected chi connectivity index (χ3v) is 4.96. The fourth-order valence-corrected chi connectivity index (χ4v) is 3.80. The molecular formula is C17H23N5O3. The summed E-state index contributed by atoms with van der Waals surface area (Å²) < 4.78 is 13.1. The van der Waals surface area contributed by atoms with Crippen LogP contribution >= 0.6 is 0 Å². The van der Waals surface area contributed by atoms with E-state index in [-0.39, 0.29) is 18.1 Å². The number of piperidine rings is 1. The van der Waals surface area contributed by atoms with Crippen molar-refractivity contribution >= 4 is 5.91 Å². The molecule has 2 atom stereocenters. The molecule has 0 spiro atoms. The molecular weight excluding hydrogens is 322 g/mol. The zero-order valence-corrected chi connectivity index (χ0v) is 14.6. The molecule has 134 valence electrons. The summed E-state index contributed by atoms with van der Waals surface area (Å²) in [6, 6.07) is 0.150. The highest BCUT2D eigenvalue weighted by atomic mass is 16.5. The van der Waals surface area contributed by atoms with Gasteiger partial charge in [0.05, 0.1) is 6.04 Å². The molecule has 0 saturated carbocycles. The van der Waals surface area contributed by atoms with Crippen molar-refractivity contribution in [3.63, 3.8) is 0 Å². The summed E-state index contributed by atoms with van der Waals surface area (Å²) in [4.78, 5) is 23.4. The van der Waals surface area contributed by atoms with Crippen LogP contribution in [0.25, 0.3) is 0 Å². The lowest BCUT2D eigenvalue weighted by Gasteiger charge is -2.32. The van der Waals surface area contributed by atoms with Crippen LogP contribution in [0.3, 0.4) is 0 Å². The number of aromatic nitrogens is 4. The van der Waals surface area contributed by atoms with Crippen molar-refractivity contribution in [2.24, 2.45) is 0 Å². The second-order valence-corrected chi connectivity index (χ2v) is 6.76. The summed E-state index contributed by atoms with van der Waals surface area (Å²) >= 11 is 0. The van der Waals surface area contributed by atoms with Crippen LogP contribution < -0.4 is 0 Å². The SMILES string of the molecule is Cc1nc(C)n([C@H]2CCCN(C(=O)c3ncoc3[C@@H]3CCCO3)C2)n1. The van der Waals surface area contributed by atoms with Gasteiger partial charge >= 0.3 is 0 Å². The molecule has 8 nitrogen and oxygen atoms in total. The molecule has 0 bridgehead atoms. The Labute approximate surface area is 146 Å². The Morgan fingerprint density at radius 1 is 1.28 bits per heavy atom. The molecule has 2 fully saturated rings. The molecule has 8 heteroatoms. The summed E-state index contributed by atoms with van der Waals surface area (Å²) in [7, 11) is 0. The second-order valence-electron chi connectivity index (χ2n) is 6.76. The Morgan fingerprint density at radius 3 is 2.88 bits per heavy atom. The first kappa shape index (κ1) is 16.3. The van der Waals surface area contributed by atoms with Gasteiger partial charge in [0.15, 0.2) is 17.8 Å². The first-order valence-corrected chi connectivity index (χ1v) is 8.87. The fourth-order valence-electron chi connectivity index (χ4n) is 3.80. The molecule has 0 radical (unpaired) electrons. The van der Waals surface area contributed by atoms with E-state index in [4.69, 9.17) is 9.15 Å². The fraction of sp³-hybridized carbons (Fsp3) is 0.647. The number of likely N-dealkylation sites (tertiary alicyclic amines) is 1. The van der Waals surface area contributed by atoms with Crippen LogP contribution in [-0.4, -0.2) is 50.3 Å². The average molecular weight is 345 g/mol. The third-order valence-electron chi connectivity index (χ3n) is 4.96. The minimum Gasteiger partial charge on any atom is -0.445 e. The molecule has 4 heterocycles. The minimum absolute atomic E-state index is 0.0848. The average Bonchev–Trinajstić information content (AvgIpc) is 3.34. The second kappa shape index (κ2) is 6.59. The lowest BCUT2D eigenvalue weighted by molar-refractivity contribution is 0.0639. The van der Waals surface area contributed by atoms with Crippen LogP contribution in [0.5, 0.6) is 0 Å². The van der Waals surface area contributed by atoms with Crippen molar-refractivity contribution in [1.29, 1.82) is 0 Å². The number of carbonyl (C=O) groups is 1. The van der Waals surface area contributed by atoms with Gasteiger partial charge in [-0.3, -0.25) is 4.79 Å². The Bertz CT molecular complexity index is 762. The minimum atomic E-state index is -0.151. The molecule has 2 aromatic heterocycles. The van der Waals surface area contributed by atoms with E-state index in [9.17, 15) is 4.79 Å². The Morgan fingerprint density at radius 2 is 2.16 bits per heavy atom. The first-order valence-electron chi connectivity index (χ1n) is 8.87. The van der Waals surface area contributed by atoms with E-state index < -0.39 is 0 Å². The Kier molecular flexibility index (Phi) is 4.29. The summed E-state index contributed by atoms with van der Waals surface area (Å²) in [6.45, 7) is 5.88. The van der Waals surface area contributed by atoms with Gasteiger partial charge in [-0.05, 0) is 39.5 Å². The van der Waals surface area contributed by atoms with Crippen LogP contribution in [0.15, 0.2) is 10.8 Å². The van der Waals surface area contributed by atoms with Crippen molar-refractivity contribution in [1.82, 2.24) is 24.6 Å². The van der Waals surface area contributed by atoms with Gasteiger partial charge in [0.25, 0.3) is 5.91 Å². The molecule has 0 unspecified atom stereocenters. The van der Waals surface area contributed by atoms with E-state index in [1.807, 2.05) is 23.4 Å². The van der Waals surface area contributed by atoms with Crippen LogP contribution in [0.1, 0.15) is 65.7 Å². The highest BCUT2D eigenvalue weighted by Gasteiger charge is 2.33. The molecule has 2 saturated heterocycles. The van der Waals surface area contributed by atoms with Gasteiger partial charge in [0, 0.05) is 19.7 Å². The molecule has 0 aliphatic carbocycles. The normalized spacial score (nSPS) is 24.0. The number of ether oxygens (including phenoxy) is 1. The van der Waals surface area contributed by atoms with Gasteiger partial charge in [0.1, 0.15) is 17.8 Å². The van der Waals surface area contributed by atoms with E-state index in [1.165, 1.54) is 6.39 Å². The smallest absolute Gasteiger partial charge is 0.276 e. The third kappa shape index (κ3) is 3.06. The number of amides is 1. The molecule has 4 rings (SSSR count).